The summed E-state index contributed by atoms with van der Waals surface area (Å²) < 4.78 is 62.7. The largest absolute Gasteiger partial charge is 0.481 e. The van der Waals surface area contributed by atoms with Crippen molar-refractivity contribution in [1.82, 2.24) is 9.55 Å². The van der Waals surface area contributed by atoms with Gasteiger partial charge in [-0.25, -0.2) is 13.9 Å². The summed E-state index contributed by atoms with van der Waals surface area (Å²) in [5, 5.41) is 21.0. The van der Waals surface area contributed by atoms with Crippen molar-refractivity contribution in [2.45, 2.75) is 243 Å². The number of aliphatic hydroxyl groups is 2. The van der Waals surface area contributed by atoms with Gasteiger partial charge in [-0.15, -0.1) is 0 Å². The molecule has 2 aliphatic heterocycles. The van der Waals surface area contributed by atoms with Gasteiger partial charge in [-0.2, -0.15) is 9.29 Å². The van der Waals surface area contributed by atoms with E-state index in [-0.39, 0.29) is 30.9 Å². The molecule has 2 fully saturated rings. The first-order valence-electron chi connectivity index (χ1n) is 28.0. The number of rotatable bonds is 45. The Hall–Kier alpha value is -3.06. The van der Waals surface area contributed by atoms with Gasteiger partial charge in [0.05, 0.1) is 25.4 Å². The van der Waals surface area contributed by atoms with Crippen LogP contribution in [0.1, 0.15) is 207 Å². The highest BCUT2D eigenvalue weighted by atomic mass is 31.3. The predicted octanol–water partition coefficient (Wildman–Crippen LogP) is 11.2. The van der Waals surface area contributed by atoms with Crippen LogP contribution in [0.3, 0.4) is 0 Å². The third-order valence-electron chi connectivity index (χ3n) is 13.1. The summed E-state index contributed by atoms with van der Waals surface area (Å²) in [6.07, 6.45) is 35.3. The van der Waals surface area contributed by atoms with Crippen LogP contribution >= 0.6 is 15.6 Å². The number of esters is 2. The lowest BCUT2D eigenvalue weighted by molar-refractivity contribution is -0.161. The minimum Gasteiger partial charge on any atom is -0.462 e. The number of nitrogen functional groups attached to an aromatic ring is 1. The highest BCUT2D eigenvalue weighted by Gasteiger charge is 2.46. The van der Waals surface area contributed by atoms with E-state index in [4.69, 9.17) is 33.7 Å². The van der Waals surface area contributed by atoms with Crippen LogP contribution in [0.25, 0.3) is 0 Å². The molecule has 75 heavy (non-hydrogen) atoms. The normalized spacial score (nSPS) is 21.8. The van der Waals surface area contributed by atoms with Gasteiger partial charge in [0.25, 0.3) is 0 Å². The maximum Gasteiger partial charge on any atom is 0.481 e. The van der Waals surface area contributed by atoms with Gasteiger partial charge < -0.3 is 44.7 Å². The number of carbonyl (C=O) groups excluding carboxylic acids is 2. The van der Waals surface area contributed by atoms with Crippen LogP contribution in [0.15, 0.2) is 53.5 Å². The van der Waals surface area contributed by atoms with Crippen LogP contribution in [-0.4, -0.2) is 97.9 Å². The Bertz CT molecular complexity index is 1980. The number of unbranched alkanes of at least 4 members (excludes halogenated alkanes) is 19. The van der Waals surface area contributed by atoms with Crippen LogP contribution in [0, 0.1) is 5.92 Å². The van der Waals surface area contributed by atoms with E-state index < -0.39 is 83.7 Å². The molecule has 2 saturated heterocycles. The Morgan fingerprint density at radius 2 is 1.24 bits per heavy atom. The summed E-state index contributed by atoms with van der Waals surface area (Å²) in [6.45, 7) is 4.43. The van der Waals surface area contributed by atoms with E-state index in [1.807, 2.05) is 12.2 Å². The number of carbonyl (C=O) groups is 2. The molecule has 0 radical (unpaired) electrons. The number of hydrogen-bond acceptors (Lipinski definition) is 16. The molecule has 4 unspecified atom stereocenters. The number of phosphoric acid groups is 2. The van der Waals surface area contributed by atoms with E-state index in [0.717, 1.165) is 68.0 Å². The molecular weight excluding hydrogens is 1010 g/mol. The maximum atomic E-state index is 12.9. The van der Waals surface area contributed by atoms with Crippen molar-refractivity contribution in [2.75, 3.05) is 25.6 Å². The van der Waals surface area contributed by atoms with E-state index in [9.17, 15) is 43.5 Å². The van der Waals surface area contributed by atoms with Crippen molar-refractivity contribution in [3.05, 3.63) is 59.2 Å². The molecule has 0 saturated carbocycles. The van der Waals surface area contributed by atoms with E-state index in [0.29, 0.717) is 19.3 Å². The Morgan fingerprint density at radius 3 is 1.85 bits per heavy atom. The van der Waals surface area contributed by atoms with Gasteiger partial charge in [0, 0.05) is 19.0 Å². The summed E-state index contributed by atoms with van der Waals surface area (Å²) in [4.78, 5) is 62.1. The zero-order valence-electron chi connectivity index (χ0n) is 45.2. The summed E-state index contributed by atoms with van der Waals surface area (Å²) in [5.74, 6) is -0.555. The maximum absolute atomic E-state index is 12.9. The lowest BCUT2D eigenvalue weighted by Gasteiger charge is -2.21. The molecule has 0 spiro atoms. The molecule has 0 bridgehead atoms. The fourth-order valence-electron chi connectivity index (χ4n) is 8.59. The molecule has 0 amide bonds. The number of ether oxygens (including phenoxy) is 4. The molecule has 2 aliphatic rings. The zero-order chi connectivity index (χ0) is 54.7. The number of hydrogen-bond donors (Lipinski definition) is 5. The third-order valence-corrected chi connectivity index (χ3v) is 15.7. The molecule has 0 aromatic carbocycles. The van der Waals surface area contributed by atoms with E-state index in [2.05, 4.69) is 54.4 Å². The molecule has 1 aromatic heterocycles. The first-order chi connectivity index (χ1) is 36.0. The monoisotopic (exact) mass is 1100 g/mol. The third kappa shape index (κ3) is 31.2. The highest BCUT2D eigenvalue weighted by Crippen LogP contribution is 2.60. The summed E-state index contributed by atoms with van der Waals surface area (Å²) >= 11 is 0. The molecular formula is C54H93N3O16P2. The van der Waals surface area contributed by atoms with E-state index >= 15 is 0 Å². The van der Waals surface area contributed by atoms with Gasteiger partial charge in [-0.05, 0) is 63.4 Å². The van der Waals surface area contributed by atoms with Gasteiger partial charge in [0.1, 0.15) is 30.7 Å². The summed E-state index contributed by atoms with van der Waals surface area (Å²) in [5.41, 5.74) is 4.59. The van der Waals surface area contributed by atoms with Gasteiger partial charge >= 0.3 is 33.3 Å². The second-order valence-corrected chi connectivity index (χ2v) is 23.3. The number of nitrogens with zero attached hydrogens (tertiary/aromatic N) is 2. The molecule has 1 aromatic rings. The lowest BCUT2D eigenvalue weighted by Crippen LogP contribution is -2.36. The molecule has 9 atom stereocenters. The van der Waals surface area contributed by atoms with Crippen molar-refractivity contribution in [1.29, 1.82) is 0 Å². The second-order valence-electron chi connectivity index (χ2n) is 20.3. The van der Waals surface area contributed by atoms with Gasteiger partial charge in [0.15, 0.2) is 12.3 Å². The minimum absolute atomic E-state index is 0.0326. The van der Waals surface area contributed by atoms with Crippen LogP contribution < -0.4 is 11.4 Å². The van der Waals surface area contributed by atoms with E-state index in [1.165, 1.54) is 102 Å². The first kappa shape index (κ1) is 66.2. The SMILES string of the molecule is CCCCC/C=C\C/C=C\CC1OC1C/C=C\CCCC(=O)O[C@H](COC(=O)CCCCCCCCCCCCCCCCCCC(C)C)COP(=O)(O)OP(=O)(O)OC[C@H]1O[C@@H](n2ccc(N)nc2=O)[C@H](O)[C@@H]1O. The lowest BCUT2D eigenvalue weighted by atomic mass is 10.0. The van der Waals surface area contributed by atoms with Crippen molar-refractivity contribution in [3.63, 3.8) is 0 Å². The topological polar surface area (TPSA) is 278 Å². The number of allylic oxidation sites excluding steroid dienone is 4. The molecule has 21 heteroatoms. The molecule has 0 aliphatic carbocycles. The number of epoxide rings is 1. The molecule has 430 valence electrons. The number of phosphoric ester groups is 2. The highest BCUT2D eigenvalue weighted by molar-refractivity contribution is 7.61. The average molecular weight is 1100 g/mol. The number of aliphatic hydroxyl groups excluding tert-OH is 2. The van der Waals surface area contributed by atoms with Crippen LogP contribution in [0.5, 0.6) is 0 Å². The molecule has 6 N–H and O–H groups in total. The quantitative estimate of drug-likeness (QED) is 0.0133. The fraction of sp³-hybridized carbons (Fsp3) is 0.778. The van der Waals surface area contributed by atoms with Gasteiger partial charge in [-0.3, -0.25) is 23.2 Å². The Morgan fingerprint density at radius 1 is 0.693 bits per heavy atom. The smallest absolute Gasteiger partial charge is 0.462 e. The molecule has 19 nitrogen and oxygen atoms in total. The second kappa shape index (κ2) is 38.5. The number of anilines is 1. The standard InChI is InChI=1S/C54H93N3O16P2/c1-4-5-6-7-8-17-21-24-29-34-45-46(71-45)35-30-26-27-32-37-50(59)70-44(40-67-49(58)36-31-25-22-19-16-14-12-10-9-11-13-15-18-20-23-28-33-43(2)3)41-68-74(63,64)73-75(65,66)69-42-47-51(60)52(61)53(72-47)57-39-38-48(55)56-54(57)62/h8,17,24,26,29-30,38-39,43-47,51-53,60-61H,4-7,9-16,18-23,25,27-28,31-37,40-42H2,1-3H3,(H,63,64)(H,65,66)(H2,55,56,62)/b17-8-,29-24-,30-26-/t44-,45?,46?,47-,51-,52-,53-/m1/s1. The number of aromatic nitrogens is 2. The molecule has 3 heterocycles. The number of nitrogens with two attached hydrogens (primary N) is 1. The molecule has 3 rings (SSSR count). The Labute approximate surface area is 446 Å². The Kier molecular flexibility index (Phi) is 34.0. The average Bonchev–Trinajstić information content (AvgIpc) is 4.05. The van der Waals surface area contributed by atoms with Crippen molar-refractivity contribution in [3.8, 4) is 0 Å². The van der Waals surface area contributed by atoms with Crippen LogP contribution in [0.4, 0.5) is 5.82 Å². The summed E-state index contributed by atoms with van der Waals surface area (Å²) in [6, 6.07) is 1.25. The van der Waals surface area contributed by atoms with Crippen LogP contribution in [0.2, 0.25) is 0 Å². The fourth-order valence-corrected chi connectivity index (χ4v) is 10.7. The van der Waals surface area contributed by atoms with Crippen molar-refractivity contribution in [2.24, 2.45) is 5.92 Å². The predicted molar refractivity (Wildman–Crippen MR) is 288 cm³/mol. The Balaban J connectivity index is 1.38. The minimum atomic E-state index is -5.44. The first-order valence-corrected chi connectivity index (χ1v) is 31.0. The van der Waals surface area contributed by atoms with E-state index in [1.54, 1.807) is 0 Å². The van der Waals surface area contributed by atoms with Crippen molar-refractivity contribution >= 4 is 33.4 Å². The van der Waals surface area contributed by atoms with Crippen LogP contribution in [-0.2, 0) is 51.0 Å². The summed E-state index contributed by atoms with van der Waals surface area (Å²) in [7, 11) is -10.9. The van der Waals surface area contributed by atoms with Crippen molar-refractivity contribution < 1.29 is 71.0 Å². The van der Waals surface area contributed by atoms with Gasteiger partial charge in [0.2, 0.25) is 0 Å². The zero-order valence-corrected chi connectivity index (χ0v) is 47.0. The van der Waals surface area contributed by atoms with Gasteiger partial charge in [-0.1, -0.05) is 173 Å².